The summed E-state index contributed by atoms with van der Waals surface area (Å²) >= 11 is 0. The lowest BCUT2D eigenvalue weighted by Gasteiger charge is -2.55. The minimum Gasteiger partial charge on any atom is -0.377 e. The van der Waals surface area contributed by atoms with E-state index in [9.17, 15) is 4.79 Å². The molecule has 0 radical (unpaired) electrons. The van der Waals surface area contributed by atoms with Gasteiger partial charge in [0.2, 0.25) is 0 Å². The van der Waals surface area contributed by atoms with E-state index in [-0.39, 0.29) is 18.0 Å². The number of aromatic amines is 1. The zero-order valence-corrected chi connectivity index (χ0v) is 23.0. The summed E-state index contributed by atoms with van der Waals surface area (Å²) < 4.78 is 7.53. The Morgan fingerprint density at radius 2 is 2.00 bits per heavy atom. The maximum Gasteiger partial charge on any atom is 0.167 e. The highest BCUT2D eigenvalue weighted by molar-refractivity contribution is 5.95. The van der Waals surface area contributed by atoms with Crippen LogP contribution in [0.1, 0.15) is 38.7 Å². The number of benzene rings is 1. The number of ketones is 1. The summed E-state index contributed by atoms with van der Waals surface area (Å²) in [6.45, 7) is 6.52. The molecule has 0 bridgehead atoms. The molecule has 0 saturated carbocycles. The normalized spacial score (nSPS) is 30.1. The largest absolute Gasteiger partial charge is 0.377 e. The van der Waals surface area contributed by atoms with Gasteiger partial charge in [-0.2, -0.15) is 14.9 Å². The van der Waals surface area contributed by atoms with Crippen LogP contribution in [-0.2, 0) is 16.0 Å². The Balaban J connectivity index is 1.14. The number of hydrogen-bond acceptors (Lipinski definition) is 7. The minimum atomic E-state index is 0.135. The van der Waals surface area contributed by atoms with E-state index in [1.54, 1.807) is 6.20 Å². The Kier molecular flexibility index (Phi) is 5.60. The van der Waals surface area contributed by atoms with Gasteiger partial charge in [-0.15, -0.1) is 0 Å². The van der Waals surface area contributed by atoms with Crippen molar-refractivity contribution in [1.29, 1.82) is 0 Å². The highest BCUT2D eigenvalue weighted by atomic mass is 16.5. The van der Waals surface area contributed by atoms with Crippen molar-refractivity contribution in [2.24, 2.45) is 11.8 Å². The van der Waals surface area contributed by atoms with Crippen LogP contribution in [0.4, 0.5) is 5.82 Å². The molecular weight excluding hydrogens is 502 g/mol. The Labute approximate surface area is 233 Å². The molecule has 4 aliphatic heterocycles. The summed E-state index contributed by atoms with van der Waals surface area (Å²) in [5.74, 6) is 2.72. The van der Waals surface area contributed by atoms with Gasteiger partial charge in [-0.3, -0.25) is 14.8 Å². The number of Topliss-reactive ketones (excluding diaryl/α,β-unsaturated/α-hetero) is 1. The molecule has 0 aliphatic carbocycles. The van der Waals surface area contributed by atoms with Gasteiger partial charge < -0.3 is 9.64 Å². The fraction of sp³-hybridized carbons (Fsp3) is 0.484. The Morgan fingerprint density at radius 1 is 1.12 bits per heavy atom. The molecule has 4 aromatic rings. The molecule has 0 spiro atoms. The number of aromatic nitrogens is 5. The molecule has 206 valence electrons. The second-order valence-electron chi connectivity index (χ2n) is 12.1. The first-order chi connectivity index (χ1) is 19.6. The summed E-state index contributed by atoms with van der Waals surface area (Å²) in [6.07, 6.45) is 8.10. The highest BCUT2D eigenvalue weighted by Gasteiger charge is 2.57. The van der Waals surface area contributed by atoms with E-state index in [2.05, 4.69) is 69.3 Å². The lowest BCUT2D eigenvalue weighted by molar-refractivity contribution is -0.146. The Morgan fingerprint density at radius 3 is 2.80 bits per heavy atom. The average molecular weight is 538 g/mol. The van der Waals surface area contributed by atoms with Gasteiger partial charge in [0.05, 0.1) is 37.7 Å². The van der Waals surface area contributed by atoms with Crippen LogP contribution in [-0.4, -0.2) is 79.6 Å². The lowest BCUT2D eigenvalue weighted by Crippen LogP contribution is -2.66. The highest BCUT2D eigenvalue weighted by Crippen LogP contribution is 2.49. The van der Waals surface area contributed by atoms with Crippen LogP contribution in [0.5, 0.6) is 0 Å². The molecule has 5 unspecified atom stereocenters. The van der Waals surface area contributed by atoms with E-state index >= 15 is 0 Å². The third-order valence-corrected chi connectivity index (χ3v) is 10.0. The summed E-state index contributed by atoms with van der Waals surface area (Å²) in [6, 6.07) is 14.7. The van der Waals surface area contributed by atoms with Gasteiger partial charge in [-0.1, -0.05) is 31.2 Å². The lowest BCUT2D eigenvalue weighted by atomic mass is 9.69. The molecule has 6 atom stereocenters. The monoisotopic (exact) mass is 537 g/mol. The van der Waals surface area contributed by atoms with E-state index in [1.165, 1.54) is 18.4 Å². The number of nitrogens with one attached hydrogen (secondary N) is 1. The molecule has 4 saturated heterocycles. The molecule has 4 fully saturated rings. The van der Waals surface area contributed by atoms with Crippen molar-refractivity contribution >= 4 is 22.6 Å². The number of anilines is 1. The van der Waals surface area contributed by atoms with Gasteiger partial charge in [0.15, 0.2) is 17.2 Å². The fourth-order valence-electron chi connectivity index (χ4n) is 7.83. The minimum absolute atomic E-state index is 0.135. The van der Waals surface area contributed by atoms with Gasteiger partial charge in [-0.05, 0) is 61.3 Å². The summed E-state index contributed by atoms with van der Waals surface area (Å²) in [4.78, 5) is 23.1. The van der Waals surface area contributed by atoms with Gasteiger partial charge >= 0.3 is 0 Å². The topological polar surface area (TPSA) is 92.2 Å². The molecule has 9 nitrogen and oxygen atoms in total. The van der Waals surface area contributed by atoms with E-state index < -0.39 is 0 Å². The number of pyridine rings is 1. The Hall–Kier alpha value is -3.56. The van der Waals surface area contributed by atoms with Crippen molar-refractivity contribution in [2.45, 2.75) is 63.7 Å². The Bertz CT molecular complexity index is 1560. The van der Waals surface area contributed by atoms with Crippen molar-refractivity contribution in [3.05, 3.63) is 54.4 Å². The van der Waals surface area contributed by atoms with Crippen molar-refractivity contribution in [2.75, 3.05) is 24.7 Å². The maximum atomic E-state index is 13.1. The van der Waals surface area contributed by atoms with E-state index in [0.717, 1.165) is 53.2 Å². The fourth-order valence-corrected chi connectivity index (χ4v) is 7.83. The molecule has 40 heavy (non-hydrogen) atoms. The summed E-state index contributed by atoms with van der Waals surface area (Å²) in [7, 11) is 0. The van der Waals surface area contributed by atoms with E-state index in [1.807, 2.05) is 16.9 Å². The third kappa shape index (κ3) is 3.67. The zero-order valence-electron chi connectivity index (χ0n) is 23.0. The van der Waals surface area contributed by atoms with Crippen LogP contribution in [0.15, 0.2) is 48.8 Å². The predicted octanol–water partition coefficient (Wildman–Crippen LogP) is 4.02. The van der Waals surface area contributed by atoms with Gasteiger partial charge in [0, 0.05) is 36.0 Å². The number of ether oxygens (including phenoxy) is 1. The van der Waals surface area contributed by atoms with Crippen molar-refractivity contribution in [1.82, 2.24) is 29.9 Å². The maximum absolute atomic E-state index is 13.1. The third-order valence-electron chi connectivity index (χ3n) is 10.0. The number of fused-ring (bicyclic) bond motifs is 1. The molecule has 8 rings (SSSR count). The molecule has 9 heteroatoms. The van der Waals surface area contributed by atoms with Gasteiger partial charge in [0.1, 0.15) is 5.82 Å². The first-order valence-electron chi connectivity index (χ1n) is 14.7. The SMILES string of the molecule is CC1C(=O)C2CCC3CC(C1Cc1ccc(-c4cc(N5CCOC[C@H]5C)nc5c4cnn5-c4ccn[nH]4)cc1)N32. The van der Waals surface area contributed by atoms with Crippen LogP contribution in [0.2, 0.25) is 0 Å². The second kappa shape index (κ2) is 9.24. The zero-order chi connectivity index (χ0) is 27.0. The van der Waals surface area contributed by atoms with Crippen LogP contribution in [0.3, 0.4) is 0 Å². The molecule has 1 N–H and O–H groups in total. The number of piperidine rings is 1. The summed E-state index contributed by atoms with van der Waals surface area (Å²) in [5.41, 5.74) is 4.35. The van der Waals surface area contributed by atoms with Crippen molar-refractivity contribution in [3.8, 4) is 16.9 Å². The van der Waals surface area contributed by atoms with Gasteiger partial charge in [-0.25, -0.2) is 4.98 Å². The number of H-pyrrole nitrogens is 1. The quantitative estimate of drug-likeness (QED) is 0.411. The smallest absolute Gasteiger partial charge is 0.167 e. The van der Waals surface area contributed by atoms with Crippen molar-refractivity contribution in [3.63, 3.8) is 0 Å². The molecular formula is C31H35N7O2. The number of rotatable bonds is 5. The number of morpholine rings is 1. The number of nitrogens with zero attached hydrogens (tertiary/aromatic N) is 6. The van der Waals surface area contributed by atoms with Gasteiger partial charge in [0.25, 0.3) is 0 Å². The van der Waals surface area contributed by atoms with Crippen LogP contribution in [0, 0.1) is 11.8 Å². The second-order valence-corrected chi connectivity index (χ2v) is 12.1. The first-order valence-corrected chi connectivity index (χ1v) is 14.7. The molecule has 7 heterocycles. The standard InChI is InChI=1S/C31H35N7O2/c1-18-17-40-12-11-36(18)29-15-24(25-16-33-38(31(25)34-29)28-9-10-32-35-28)21-5-3-20(4-6-21)13-23-19(2)30(39)26-8-7-22-14-27(23)37(22)26/h3-6,9-10,15-16,18-19,22-23,26-27H,7-8,11-14,17H2,1-2H3,(H,32,35)/t18-,19?,22?,23?,26?,27?/m1/s1. The van der Waals surface area contributed by atoms with Crippen molar-refractivity contribution < 1.29 is 9.53 Å². The number of carbonyl (C=O) groups is 1. The van der Waals surface area contributed by atoms with Crippen LogP contribution in [0.25, 0.3) is 28.0 Å². The predicted molar refractivity (Wildman–Crippen MR) is 152 cm³/mol. The molecule has 1 aromatic carbocycles. The number of carbonyl (C=O) groups excluding carboxylic acids is 1. The molecule has 4 aliphatic rings. The molecule has 3 aromatic heterocycles. The average Bonchev–Trinajstić information content (AvgIpc) is 3.71. The number of hydrogen-bond donors (Lipinski definition) is 1. The van der Waals surface area contributed by atoms with Crippen LogP contribution < -0.4 is 4.90 Å². The first kappa shape index (κ1) is 24.3. The van der Waals surface area contributed by atoms with E-state index in [0.29, 0.717) is 37.0 Å². The van der Waals surface area contributed by atoms with Crippen LogP contribution >= 0.6 is 0 Å². The summed E-state index contributed by atoms with van der Waals surface area (Å²) in [5, 5.41) is 12.8. The molecule has 0 amide bonds. The van der Waals surface area contributed by atoms with E-state index in [4.69, 9.17) is 9.72 Å².